The number of fused-ring (bicyclic) bond motifs is 1. The molecule has 0 aromatic carbocycles. The number of aromatic carboxylic acids is 1. The van der Waals surface area contributed by atoms with Gasteiger partial charge in [-0.1, -0.05) is 89.8 Å². The van der Waals surface area contributed by atoms with Crippen LogP contribution in [0.4, 0.5) is 13.2 Å². The highest BCUT2D eigenvalue weighted by Gasteiger charge is 2.25. The monoisotopic (exact) mass is 724 g/mol. The fourth-order valence-electron chi connectivity index (χ4n) is 5.31. The van der Waals surface area contributed by atoms with Crippen molar-refractivity contribution in [3.05, 3.63) is 52.0 Å². The molecule has 0 aliphatic rings. The largest absolute Gasteiger partial charge is 0.478 e. The Labute approximate surface area is 295 Å². The highest BCUT2D eigenvalue weighted by molar-refractivity contribution is 7.80. The van der Waals surface area contributed by atoms with Crippen molar-refractivity contribution in [2.24, 2.45) is 0 Å². The smallest absolute Gasteiger partial charge is 0.389 e. The fraction of sp³-hybridized carbons (Fsp3) is 0.559. The third kappa shape index (κ3) is 14.3. The maximum Gasteiger partial charge on any atom is 0.389 e. The fourth-order valence-corrected chi connectivity index (χ4v) is 6.50. The molecule has 8 nitrogen and oxygen atoms in total. The Balaban J connectivity index is 0.000000324. The van der Waals surface area contributed by atoms with Gasteiger partial charge in [-0.2, -0.15) is 13.2 Å². The number of unbranched alkanes of at least 4 members (excludes halogenated alkanes) is 12. The van der Waals surface area contributed by atoms with Crippen LogP contribution in [0, 0.1) is 4.64 Å². The van der Waals surface area contributed by atoms with Crippen molar-refractivity contribution in [2.45, 2.75) is 121 Å². The molecule has 0 bridgehead atoms. The molecule has 0 aliphatic heterocycles. The summed E-state index contributed by atoms with van der Waals surface area (Å²) in [6.45, 7) is 3.23. The van der Waals surface area contributed by atoms with Crippen LogP contribution in [0.25, 0.3) is 21.7 Å². The summed E-state index contributed by atoms with van der Waals surface area (Å²) < 4.78 is 38.7. The molecule has 3 N–H and O–H groups in total. The summed E-state index contributed by atoms with van der Waals surface area (Å²) in [5.74, 6) is -0.658. The molecule has 4 aromatic heterocycles. The zero-order valence-corrected chi connectivity index (χ0v) is 30.1. The minimum Gasteiger partial charge on any atom is -0.478 e. The number of hydrogen-bond donors (Lipinski definition) is 4. The van der Waals surface area contributed by atoms with Gasteiger partial charge in [-0.3, -0.25) is 9.66 Å². The summed E-state index contributed by atoms with van der Waals surface area (Å²) in [5.41, 5.74) is 6.04. The molecule has 4 rings (SSSR count). The number of aromatic amines is 1. The minimum atomic E-state index is -4.00. The van der Waals surface area contributed by atoms with Crippen LogP contribution in [0.2, 0.25) is 0 Å². The van der Waals surface area contributed by atoms with E-state index in [0.717, 1.165) is 45.1 Å². The standard InChI is InChI=1S/C26H42F3N3.C8H5N3O2S3/c1-2-3-4-5-9-12-15-19-31-32-22-23(24-21-30-20-17-25(24)32)16-13-10-7-6-8-11-14-18-26(27,28)29;12-8(13)3-1-9-5(11-6(3)15)7-10-4(14)2-16-7/h17,20-22,31H,2-16,18-19H2,1H3;1-2,14H,(H,12,13)(H,9,11,15). The molecule has 264 valence electrons. The quantitative estimate of drug-likeness (QED) is 0.0408. The van der Waals surface area contributed by atoms with Crippen molar-refractivity contribution in [3.63, 3.8) is 0 Å². The highest BCUT2D eigenvalue weighted by atomic mass is 32.1. The summed E-state index contributed by atoms with van der Waals surface area (Å²) in [4.78, 5) is 25.8. The third-order valence-electron chi connectivity index (χ3n) is 7.88. The maximum atomic E-state index is 12.2. The van der Waals surface area contributed by atoms with Gasteiger partial charge in [0, 0.05) is 48.5 Å². The Bertz CT molecular complexity index is 1590. The van der Waals surface area contributed by atoms with Gasteiger partial charge in [-0.15, -0.1) is 24.0 Å². The summed E-state index contributed by atoms with van der Waals surface area (Å²) in [6, 6.07) is 2.07. The lowest BCUT2D eigenvalue weighted by Crippen LogP contribution is -2.14. The predicted molar refractivity (Wildman–Crippen MR) is 193 cm³/mol. The first kappa shape index (κ1) is 39.5. The first-order chi connectivity index (χ1) is 23.1. The second-order valence-electron chi connectivity index (χ2n) is 11.8. The third-order valence-corrected chi connectivity index (χ3v) is 9.46. The normalized spacial score (nSPS) is 11.4. The van der Waals surface area contributed by atoms with E-state index in [2.05, 4.69) is 61.9 Å². The van der Waals surface area contributed by atoms with E-state index in [-0.39, 0.29) is 16.6 Å². The first-order valence-electron chi connectivity index (χ1n) is 16.8. The van der Waals surface area contributed by atoms with E-state index in [0.29, 0.717) is 22.3 Å². The van der Waals surface area contributed by atoms with E-state index >= 15 is 0 Å². The molecule has 0 radical (unpaired) electrons. The first-order valence-corrected chi connectivity index (χ1v) is 18.5. The van der Waals surface area contributed by atoms with Gasteiger partial charge in [0.25, 0.3) is 0 Å². The van der Waals surface area contributed by atoms with Crippen LogP contribution in [0.15, 0.2) is 41.3 Å². The molecule has 0 atom stereocenters. The number of alkyl halides is 3. The summed E-state index contributed by atoms with van der Waals surface area (Å²) >= 11 is 10.3. The second kappa shape index (κ2) is 21.2. The highest BCUT2D eigenvalue weighted by Crippen LogP contribution is 2.25. The van der Waals surface area contributed by atoms with Crippen molar-refractivity contribution in [1.82, 2.24) is 24.6 Å². The SMILES string of the molecule is CCCCCCCCCNn1cc(CCCCCCCCCC(F)(F)F)c2cnccc21.O=C(O)c1cnc(-c2nc(S)cs2)[nH]c1=S. The molecule has 0 saturated heterocycles. The number of carboxylic acids is 1. The molecule has 0 amide bonds. The van der Waals surface area contributed by atoms with Crippen LogP contribution >= 0.6 is 36.2 Å². The Kier molecular flexibility index (Phi) is 17.4. The number of aryl methyl sites for hydroxylation is 1. The van der Waals surface area contributed by atoms with Crippen molar-refractivity contribution in [1.29, 1.82) is 0 Å². The van der Waals surface area contributed by atoms with Crippen LogP contribution in [0.1, 0.15) is 119 Å². The van der Waals surface area contributed by atoms with Gasteiger partial charge in [0.1, 0.15) is 15.2 Å². The van der Waals surface area contributed by atoms with E-state index in [9.17, 15) is 18.0 Å². The lowest BCUT2D eigenvalue weighted by atomic mass is 10.0. The van der Waals surface area contributed by atoms with Gasteiger partial charge >= 0.3 is 12.1 Å². The number of nitrogens with zero attached hydrogens (tertiary/aromatic N) is 4. The Morgan fingerprint density at radius 3 is 2.31 bits per heavy atom. The number of carboxylic acid groups (broad SMARTS) is 1. The molecular weight excluding hydrogens is 678 g/mol. The summed E-state index contributed by atoms with van der Waals surface area (Å²) in [5, 5.41) is 13.0. The second-order valence-corrected chi connectivity index (χ2v) is 13.6. The number of H-pyrrole nitrogens is 1. The molecular formula is C34H47F3N6O2S3. The number of halogens is 3. The minimum absolute atomic E-state index is 0.0265. The summed E-state index contributed by atoms with van der Waals surface area (Å²) in [6.07, 6.45) is 19.0. The average Bonchev–Trinajstić information content (AvgIpc) is 3.64. The molecule has 0 spiro atoms. The van der Waals surface area contributed by atoms with Gasteiger partial charge in [-0.05, 0) is 37.3 Å². The Hall–Kier alpha value is -2.97. The van der Waals surface area contributed by atoms with Gasteiger partial charge < -0.3 is 15.5 Å². The average molecular weight is 725 g/mol. The number of thiazole rings is 1. The van der Waals surface area contributed by atoms with E-state index in [4.69, 9.17) is 17.3 Å². The number of aromatic nitrogens is 5. The molecule has 48 heavy (non-hydrogen) atoms. The lowest BCUT2D eigenvalue weighted by molar-refractivity contribution is -0.135. The van der Waals surface area contributed by atoms with E-state index < -0.39 is 18.6 Å². The number of carbonyl (C=O) groups is 1. The van der Waals surface area contributed by atoms with E-state index in [1.54, 1.807) is 5.38 Å². The number of nitrogens with one attached hydrogen (secondary N) is 2. The summed E-state index contributed by atoms with van der Waals surface area (Å²) in [7, 11) is 0. The zero-order chi connectivity index (χ0) is 34.8. The van der Waals surface area contributed by atoms with Gasteiger partial charge in [0.05, 0.1) is 5.52 Å². The van der Waals surface area contributed by atoms with Gasteiger partial charge in [0.15, 0.2) is 10.8 Å². The van der Waals surface area contributed by atoms with Crippen molar-refractivity contribution in [3.8, 4) is 10.8 Å². The van der Waals surface area contributed by atoms with Gasteiger partial charge in [-0.25, -0.2) is 14.8 Å². The van der Waals surface area contributed by atoms with Crippen molar-refractivity contribution >= 4 is 53.1 Å². The molecule has 4 aromatic rings. The topological polar surface area (TPSA) is 109 Å². The molecule has 0 fully saturated rings. The Morgan fingerprint density at radius 1 is 1.02 bits per heavy atom. The zero-order valence-electron chi connectivity index (χ0n) is 27.5. The maximum absolute atomic E-state index is 12.2. The number of thiol groups is 1. The predicted octanol–water partition coefficient (Wildman–Crippen LogP) is 10.8. The van der Waals surface area contributed by atoms with Crippen LogP contribution in [-0.2, 0) is 6.42 Å². The van der Waals surface area contributed by atoms with Crippen LogP contribution < -0.4 is 5.43 Å². The van der Waals surface area contributed by atoms with E-state index in [1.807, 2.05) is 12.4 Å². The van der Waals surface area contributed by atoms with Crippen LogP contribution in [0.5, 0.6) is 0 Å². The molecule has 0 saturated carbocycles. The molecule has 0 unspecified atom stereocenters. The van der Waals surface area contributed by atoms with Crippen molar-refractivity contribution in [2.75, 3.05) is 12.0 Å². The van der Waals surface area contributed by atoms with Crippen LogP contribution in [-0.4, -0.2) is 48.4 Å². The molecule has 14 heteroatoms. The van der Waals surface area contributed by atoms with Crippen molar-refractivity contribution < 1.29 is 23.1 Å². The number of hydrogen-bond acceptors (Lipinski definition) is 8. The number of pyridine rings is 1. The number of rotatable bonds is 20. The lowest BCUT2D eigenvalue weighted by Gasteiger charge is -2.09. The molecule has 0 aliphatic carbocycles. The van der Waals surface area contributed by atoms with Crippen LogP contribution in [0.3, 0.4) is 0 Å². The Morgan fingerprint density at radius 2 is 1.69 bits per heavy atom. The van der Waals surface area contributed by atoms with Gasteiger partial charge in [0.2, 0.25) is 0 Å². The van der Waals surface area contributed by atoms with E-state index in [1.165, 1.54) is 78.9 Å². The molecule has 4 heterocycles.